The fourth-order valence-electron chi connectivity index (χ4n) is 6.38. The van der Waals surface area contributed by atoms with Gasteiger partial charge in [0, 0.05) is 41.5 Å². The number of hydrogen-bond donors (Lipinski definition) is 2. The van der Waals surface area contributed by atoms with E-state index in [1.54, 1.807) is 48.5 Å². The second kappa shape index (κ2) is 13.9. The number of alkyl halides is 3. The number of aromatic nitrogens is 1. The summed E-state index contributed by atoms with van der Waals surface area (Å²) in [5.41, 5.74) is -5.97. The van der Waals surface area contributed by atoms with Gasteiger partial charge in [0.1, 0.15) is 23.0 Å². The van der Waals surface area contributed by atoms with Crippen LogP contribution >= 0.6 is 0 Å². The SMILES string of the molecule is COc1cc(C(=O)CC[C@@](O)(c2cc3c(c(-c4ccc(F)cc4)n2)N(C(=O)OC(C)(C)C)C[C@@]3(C)NS(=O)C(C)(C)C)C(F)(F)F)cc2c1CC(=O)C2. The zero-order valence-corrected chi connectivity index (χ0v) is 31.6. The fraction of sp³-hybridized carbons (Fsp3) is 0.474. The molecule has 2 aromatic carbocycles. The number of carbonyl (C=O) groups is 3. The van der Waals surface area contributed by atoms with Crippen molar-refractivity contribution in [2.75, 3.05) is 18.6 Å². The zero-order chi connectivity index (χ0) is 39.5. The predicted octanol–water partition coefficient (Wildman–Crippen LogP) is 7.00. The molecule has 1 amide bonds. The number of hydrogen-bond acceptors (Lipinski definition) is 8. The first-order chi connectivity index (χ1) is 24.4. The molecule has 0 bridgehead atoms. The molecule has 2 heterocycles. The van der Waals surface area contributed by atoms with Gasteiger partial charge in [0.25, 0.3) is 0 Å². The first kappa shape index (κ1) is 40.0. The summed E-state index contributed by atoms with van der Waals surface area (Å²) in [6, 6.07) is 8.51. The minimum atomic E-state index is -5.38. The molecule has 3 atom stereocenters. The van der Waals surface area contributed by atoms with E-state index in [2.05, 4.69) is 9.71 Å². The molecule has 0 saturated heterocycles. The first-order valence-electron chi connectivity index (χ1n) is 16.9. The number of nitrogens with one attached hydrogen (secondary N) is 1. The van der Waals surface area contributed by atoms with Crippen LogP contribution in [0, 0.1) is 5.82 Å². The summed E-state index contributed by atoms with van der Waals surface area (Å²) in [7, 11) is -0.458. The van der Waals surface area contributed by atoms with Gasteiger partial charge in [-0.2, -0.15) is 13.2 Å². The van der Waals surface area contributed by atoms with Gasteiger partial charge in [0.05, 0.1) is 52.0 Å². The van der Waals surface area contributed by atoms with E-state index in [4.69, 9.17) is 9.47 Å². The molecule has 10 nitrogen and oxygen atoms in total. The number of methoxy groups -OCH3 is 1. The van der Waals surface area contributed by atoms with Gasteiger partial charge in [-0.25, -0.2) is 23.1 Å². The molecule has 5 rings (SSSR count). The summed E-state index contributed by atoms with van der Waals surface area (Å²) in [5.74, 6) is -1.21. The zero-order valence-electron chi connectivity index (χ0n) is 30.8. The largest absolute Gasteiger partial charge is 0.496 e. The van der Waals surface area contributed by atoms with Gasteiger partial charge in [-0.05, 0) is 103 Å². The van der Waals surface area contributed by atoms with Crippen LogP contribution in [0.15, 0.2) is 42.5 Å². The van der Waals surface area contributed by atoms with Crippen LogP contribution in [0.25, 0.3) is 11.3 Å². The lowest BCUT2D eigenvalue weighted by Gasteiger charge is -2.33. The maximum Gasteiger partial charge on any atom is 0.422 e. The molecule has 53 heavy (non-hydrogen) atoms. The number of benzene rings is 2. The maximum absolute atomic E-state index is 15.2. The van der Waals surface area contributed by atoms with Crippen LogP contribution in [0.1, 0.15) is 94.1 Å². The van der Waals surface area contributed by atoms with E-state index in [0.29, 0.717) is 11.1 Å². The van der Waals surface area contributed by atoms with Gasteiger partial charge in [-0.15, -0.1) is 0 Å². The third kappa shape index (κ3) is 8.02. The topological polar surface area (TPSA) is 135 Å². The van der Waals surface area contributed by atoms with Crippen LogP contribution in [0.3, 0.4) is 0 Å². The highest BCUT2D eigenvalue weighted by atomic mass is 32.2. The quantitative estimate of drug-likeness (QED) is 0.176. The van der Waals surface area contributed by atoms with Crippen molar-refractivity contribution in [2.24, 2.45) is 0 Å². The Kier molecular flexibility index (Phi) is 10.5. The summed E-state index contributed by atoms with van der Waals surface area (Å²) in [5, 5.41) is 11.7. The second-order valence-corrected chi connectivity index (χ2v) is 17.6. The van der Waals surface area contributed by atoms with Crippen molar-refractivity contribution in [1.29, 1.82) is 0 Å². The molecule has 3 aromatic rings. The van der Waals surface area contributed by atoms with E-state index in [-0.39, 0.29) is 59.0 Å². The highest BCUT2D eigenvalue weighted by molar-refractivity contribution is 7.84. The average molecular weight is 762 g/mol. The lowest BCUT2D eigenvalue weighted by molar-refractivity contribution is -0.270. The number of halogens is 4. The van der Waals surface area contributed by atoms with E-state index >= 15 is 13.2 Å². The molecule has 0 spiro atoms. The average Bonchev–Trinajstić information content (AvgIpc) is 3.57. The van der Waals surface area contributed by atoms with Crippen molar-refractivity contribution in [3.8, 4) is 17.0 Å². The Balaban J connectivity index is 1.68. The Morgan fingerprint density at radius 2 is 1.68 bits per heavy atom. The number of carbonyl (C=O) groups excluding carboxylic acids is 3. The highest BCUT2D eigenvalue weighted by Crippen LogP contribution is 2.50. The minimum Gasteiger partial charge on any atom is -0.496 e. The summed E-state index contributed by atoms with van der Waals surface area (Å²) in [6.07, 6.45) is -8.02. The van der Waals surface area contributed by atoms with Crippen molar-refractivity contribution >= 4 is 34.3 Å². The number of nitrogens with zero attached hydrogens (tertiary/aromatic N) is 2. The molecule has 0 radical (unpaired) electrons. The van der Waals surface area contributed by atoms with Crippen LogP contribution in [-0.2, 0) is 44.5 Å². The van der Waals surface area contributed by atoms with Crippen molar-refractivity contribution in [2.45, 2.75) is 102 Å². The third-order valence-electron chi connectivity index (χ3n) is 9.15. The van der Waals surface area contributed by atoms with Crippen molar-refractivity contribution in [3.63, 3.8) is 0 Å². The molecular formula is C38H43F4N3O7S. The van der Waals surface area contributed by atoms with E-state index in [9.17, 15) is 28.1 Å². The van der Waals surface area contributed by atoms with Crippen LogP contribution in [0.2, 0.25) is 0 Å². The maximum atomic E-state index is 15.2. The number of rotatable bonds is 9. The summed E-state index contributed by atoms with van der Waals surface area (Å²) in [4.78, 5) is 44.8. The standard InChI is InChI=1S/C38H43F4N3O7S/c1-34(2,3)52-33(48)45-20-36(7,44-53(50)35(4,5)6)27-19-30(43-31(32(27)45)21-9-11-24(39)12-10-21)37(49,38(40,41)42)14-13-28(47)23-15-22-16-25(46)18-26(22)29(17-23)51-8/h9-12,15,17,19,44,49H,13-14,16,18,20H2,1-8H3/t36-,37-,53?/m1/s1. The molecule has 1 aromatic heterocycles. The number of anilines is 1. The van der Waals surface area contributed by atoms with Crippen molar-refractivity contribution in [1.82, 2.24) is 9.71 Å². The number of ketones is 2. The Bertz CT molecular complexity index is 1990. The molecule has 1 unspecified atom stereocenters. The molecule has 0 fully saturated rings. The van der Waals surface area contributed by atoms with Gasteiger partial charge in [0.15, 0.2) is 5.78 Å². The van der Waals surface area contributed by atoms with Crippen LogP contribution in [0.4, 0.5) is 28.0 Å². The number of ether oxygens (including phenoxy) is 2. The Morgan fingerprint density at radius 1 is 1.04 bits per heavy atom. The number of Topliss-reactive ketones (excluding diaryl/α,β-unsaturated/α-hetero) is 2. The van der Waals surface area contributed by atoms with Crippen LogP contribution < -0.4 is 14.4 Å². The third-order valence-corrected chi connectivity index (χ3v) is 10.9. The normalized spacial score (nSPS) is 19.0. The van der Waals surface area contributed by atoms with E-state index in [1.807, 2.05) is 0 Å². The molecule has 0 saturated carbocycles. The van der Waals surface area contributed by atoms with Gasteiger partial charge < -0.3 is 14.6 Å². The Morgan fingerprint density at radius 3 is 2.25 bits per heavy atom. The number of pyridine rings is 1. The van der Waals surface area contributed by atoms with Gasteiger partial charge in [-0.1, -0.05) is 0 Å². The molecule has 286 valence electrons. The minimum absolute atomic E-state index is 0.0101. The Labute approximate surface area is 307 Å². The molecule has 2 aliphatic rings. The monoisotopic (exact) mass is 761 g/mol. The fourth-order valence-corrected chi connectivity index (χ4v) is 7.27. The molecule has 1 aliphatic heterocycles. The highest BCUT2D eigenvalue weighted by Gasteiger charge is 2.57. The smallest absolute Gasteiger partial charge is 0.422 e. The van der Waals surface area contributed by atoms with Crippen molar-refractivity contribution < 1.29 is 50.7 Å². The van der Waals surface area contributed by atoms with Gasteiger partial charge >= 0.3 is 12.3 Å². The first-order valence-corrected chi connectivity index (χ1v) is 18.1. The van der Waals surface area contributed by atoms with Crippen LogP contribution in [0.5, 0.6) is 5.75 Å². The lowest BCUT2D eigenvalue weighted by atomic mass is 9.86. The van der Waals surface area contributed by atoms with E-state index in [0.717, 1.165) is 18.2 Å². The molecule has 2 N–H and O–H groups in total. The Hall–Kier alpha value is -4.21. The van der Waals surface area contributed by atoms with Gasteiger partial charge in [0.2, 0.25) is 5.60 Å². The number of aliphatic hydroxyl groups is 1. The van der Waals surface area contributed by atoms with Crippen LogP contribution in [-0.4, -0.2) is 62.1 Å². The summed E-state index contributed by atoms with van der Waals surface area (Å²) < 4.78 is 86.5. The number of amides is 1. The van der Waals surface area contributed by atoms with E-state index in [1.165, 1.54) is 36.3 Å². The molecular weight excluding hydrogens is 718 g/mol. The summed E-state index contributed by atoms with van der Waals surface area (Å²) >= 11 is 0. The van der Waals surface area contributed by atoms with Gasteiger partial charge in [-0.3, -0.25) is 14.5 Å². The van der Waals surface area contributed by atoms with E-state index < -0.39 is 74.9 Å². The molecule has 1 aliphatic carbocycles. The second-order valence-electron chi connectivity index (χ2n) is 15.6. The number of fused-ring (bicyclic) bond motifs is 2. The van der Waals surface area contributed by atoms with Crippen molar-refractivity contribution in [3.05, 3.63) is 76.2 Å². The lowest BCUT2D eigenvalue weighted by Crippen LogP contribution is -2.50. The molecule has 15 heteroatoms. The summed E-state index contributed by atoms with van der Waals surface area (Å²) in [6.45, 7) is 11.3. The predicted molar refractivity (Wildman–Crippen MR) is 191 cm³/mol.